The largest absolute Gasteiger partial charge is 0.444 e. The van der Waals surface area contributed by atoms with Crippen LogP contribution < -0.4 is 10.9 Å². The first-order chi connectivity index (χ1) is 13.5. The molecule has 2 aliphatic heterocycles. The normalized spacial score (nSPS) is 20.9. The molecule has 0 bridgehead atoms. The number of halogens is 1. The monoisotopic (exact) mass is 406 g/mol. The number of nitrogens with zero attached hydrogens (tertiary/aromatic N) is 2. The summed E-state index contributed by atoms with van der Waals surface area (Å²) in [5, 5.41) is 0. The second kappa shape index (κ2) is 7.62. The van der Waals surface area contributed by atoms with E-state index in [0.29, 0.717) is 26.2 Å². The van der Waals surface area contributed by atoms with Crippen LogP contribution in [0.2, 0.25) is 0 Å². The van der Waals surface area contributed by atoms with Gasteiger partial charge in [-0.2, -0.15) is 0 Å². The molecule has 2 N–H and O–H groups in total. The summed E-state index contributed by atoms with van der Waals surface area (Å²) in [6.07, 6.45) is -0.388. The van der Waals surface area contributed by atoms with Crippen molar-refractivity contribution in [1.29, 1.82) is 0 Å². The molecule has 0 saturated carbocycles. The minimum Gasteiger partial charge on any atom is -0.444 e. The Balaban J connectivity index is 1.57. The topological polar surface area (TPSA) is 91.0 Å². The van der Waals surface area contributed by atoms with E-state index in [1.54, 1.807) is 4.90 Å². The molecule has 3 rings (SSSR count). The van der Waals surface area contributed by atoms with E-state index < -0.39 is 17.3 Å². The minimum absolute atomic E-state index is 0.240. The highest BCUT2D eigenvalue weighted by atomic mass is 19.1. The Labute approximate surface area is 169 Å². The summed E-state index contributed by atoms with van der Waals surface area (Å²) in [5.74, 6) is -1.66. The summed E-state index contributed by atoms with van der Waals surface area (Å²) in [6, 6.07) is 5.03. The van der Waals surface area contributed by atoms with Crippen LogP contribution in [0.15, 0.2) is 24.3 Å². The molecule has 0 aliphatic carbocycles. The molecule has 8 nitrogen and oxygen atoms in total. The van der Waals surface area contributed by atoms with Crippen LogP contribution >= 0.6 is 0 Å². The summed E-state index contributed by atoms with van der Waals surface area (Å²) in [6.45, 7) is 7.49. The van der Waals surface area contributed by atoms with Crippen LogP contribution in [0.3, 0.4) is 0 Å². The van der Waals surface area contributed by atoms with E-state index in [-0.39, 0.29) is 28.9 Å². The number of carbonyl (C=O) groups excluding carboxylic acids is 3. The van der Waals surface area contributed by atoms with Crippen molar-refractivity contribution in [2.24, 2.45) is 11.3 Å². The van der Waals surface area contributed by atoms with Crippen LogP contribution in [-0.4, -0.2) is 66.5 Å². The third-order valence-corrected chi connectivity index (χ3v) is 5.20. The first-order valence-corrected chi connectivity index (χ1v) is 9.51. The van der Waals surface area contributed by atoms with E-state index in [1.807, 2.05) is 32.7 Å². The number of hydrogen-bond donors (Lipinski definition) is 2. The van der Waals surface area contributed by atoms with Gasteiger partial charge in [0.25, 0.3) is 5.91 Å². The van der Waals surface area contributed by atoms with E-state index >= 15 is 0 Å². The van der Waals surface area contributed by atoms with E-state index in [0.717, 1.165) is 0 Å². The van der Waals surface area contributed by atoms with E-state index in [9.17, 15) is 18.8 Å². The van der Waals surface area contributed by atoms with Crippen molar-refractivity contribution >= 4 is 17.9 Å². The predicted molar refractivity (Wildman–Crippen MR) is 103 cm³/mol. The molecule has 158 valence electrons. The molecule has 1 aromatic rings. The van der Waals surface area contributed by atoms with Gasteiger partial charge in [-0.25, -0.2) is 9.18 Å². The quantitative estimate of drug-likeness (QED) is 0.725. The average Bonchev–Trinajstić information content (AvgIpc) is 2.95. The van der Waals surface area contributed by atoms with Crippen LogP contribution in [0, 0.1) is 17.2 Å². The van der Waals surface area contributed by atoms with Crippen molar-refractivity contribution in [3.8, 4) is 0 Å². The molecule has 2 saturated heterocycles. The lowest BCUT2D eigenvalue weighted by Gasteiger charge is -2.50. The highest BCUT2D eigenvalue weighted by molar-refractivity contribution is 5.95. The van der Waals surface area contributed by atoms with Crippen LogP contribution in [0.25, 0.3) is 0 Å². The molecule has 0 radical (unpaired) electrons. The Morgan fingerprint density at radius 1 is 1.10 bits per heavy atom. The Hall–Kier alpha value is -2.68. The zero-order valence-electron chi connectivity index (χ0n) is 17.1. The van der Waals surface area contributed by atoms with Crippen LogP contribution in [-0.2, 0) is 9.53 Å². The number of rotatable bonds is 2. The molecule has 29 heavy (non-hydrogen) atoms. The zero-order valence-corrected chi connectivity index (χ0v) is 17.1. The van der Waals surface area contributed by atoms with E-state index in [1.165, 1.54) is 24.3 Å². The lowest BCUT2D eigenvalue weighted by Crippen LogP contribution is -2.65. The zero-order chi connectivity index (χ0) is 21.4. The van der Waals surface area contributed by atoms with Crippen molar-refractivity contribution < 1.29 is 23.5 Å². The number of benzene rings is 1. The SMILES string of the molecule is CN1CC(C(=O)NNC(=O)c2ccc(F)cc2)C2(C1)CN(C(=O)OC(C)(C)C)C2. The highest BCUT2D eigenvalue weighted by Gasteiger charge is 2.57. The average molecular weight is 406 g/mol. The van der Waals surface area contributed by atoms with Gasteiger partial charge in [0.1, 0.15) is 11.4 Å². The maximum atomic E-state index is 13.0. The fourth-order valence-electron chi connectivity index (χ4n) is 3.95. The lowest BCUT2D eigenvalue weighted by atomic mass is 9.71. The second-order valence-electron chi connectivity index (χ2n) is 8.90. The Kier molecular flexibility index (Phi) is 5.53. The third-order valence-electron chi connectivity index (χ3n) is 5.20. The molecule has 2 heterocycles. The van der Waals surface area contributed by atoms with E-state index in [2.05, 4.69) is 10.9 Å². The first-order valence-electron chi connectivity index (χ1n) is 9.51. The van der Waals surface area contributed by atoms with Gasteiger partial charge in [0.15, 0.2) is 0 Å². The van der Waals surface area contributed by atoms with Gasteiger partial charge in [0.05, 0.1) is 5.92 Å². The van der Waals surface area contributed by atoms with Gasteiger partial charge in [0.2, 0.25) is 5.91 Å². The Morgan fingerprint density at radius 2 is 1.72 bits per heavy atom. The number of amides is 3. The molecule has 9 heteroatoms. The summed E-state index contributed by atoms with van der Waals surface area (Å²) in [7, 11) is 1.92. The molecular formula is C20H27FN4O4. The molecule has 2 aliphatic rings. The number of carbonyl (C=O) groups is 3. The van der Waals surface area contributed by atoms with Gasteiger partial charge in [-0.1, -0.05) is 0 Å². The third kappa shape index (κ3) is 4.67. The summed E-state index contributed by atoms with van der Waals surface area (Å²) in [5.41, 5.74) is 4.15. The fourth-order valence-corrected chi connectivity index (χ4v) is 3.95. The van der Waals surface area contributed by atoms with Crippen molar-refractivity contribution in [2.45, 2.75) is 26.4 Å². The lowest BCUT2D eigenvalue weighted by molar-refractivity contribution is -0.133. The number of ether oxygens (including phenoxy) is 1. The number of hydrazine groups is 1. The van der Waals surface area contributed by atoms with Gasteiger partial charge in [-0.05, 0) is 52.1 Å². The molecular weight excluding hydrogens is 379 g/mol. The number of nitrogens with one attached hydrogen (secondary N) is 2. The van der Waals surface area contributed by atoms with Crippen molar-refractivity contribution in [3.05, 3.63) is 35.6 Å². The molecule has 0 aromatic heterocycles. The van der Waals surface area contributed by atoms with Crippen LogP contribution in [0.1, 0.15) is 31.1 Å². The maximum Gasteiger partial charge on any atom is 0.410 e. The standard InChI is InChI=1S/C20H27FN4O4/c1-19(2,3)29-18(28)25-11-20(12-25)10-24(4)9-15(20)17(27)23-22-16(26)13-5-7-14(21)8-6-13/h5-8,15H,9-12H2,1-4H3,(H,22,26)(H,23,27). The van der Waals surface area contributed by atoms with Crippen molar-refractivity contribution in [1.82, 2.24) is 20.7 Å². The Bertz CT molecular complexity index is 800. The number of likely N-dealkylation sites (tertiary alicyclic amines) is 2. The van der Waals surface area contributed by atoms with Gasteiger partial charge < -0.3 is 14.5 Å². The van der Waals surface area contributed by atoms with Gasteiger partial charge >= 0.3 is 6.09 Å². The smallest absolute Gasteiger partial charge is 0.410 e. The van der Waals surface area contributed by atoms with Gasteiger partial charge in [-0.3, -0.25) is 20.4 Å². The van der Waals surface area contributed by atoms with E-state index in [4.69, 9.17) is 4.74 Å². The van der Waals surface area contributed by atoms with Gasteiger partial charge in [0, 0.05) is 37.2 Å². The molecule has 1 spiro atoms. The molecule has 2 fully saturated rings. The van der Waals surface area contributed by atoms with Gasteiger partial charge in [-0.15, -0.1) is 0 Å². The maximum absolute atomic E-state index is 13.0. The summed E-state index contributed by atoms with van der Waals surface area (Å²) >= 11 is 0. The number of hydrogen-bond acceptors (Lipinski definition) is 5. The highest BCUT2D eigenvalue weighted by Crippen LogP contribution is 2.44. The van der Waals surface area contributed by atoms with Crippen LogP contribution in [0.4, 0.5) is 9.18 Å². The molecule has 1 atom stereocenters. The molecule has 1 aromatic carbocycles. The van der Waals surface area contributed by atoms with Crippen molar-refractivity contribution in [3.63, 3.8) is 0 Å². The van der Waals surface area contributed by atoms with Crippen LogP contribution in [0.5, 0.6) is 0 Å². The minimum atomic E-state index is -0.576. The Morgan fingerprint density at radius 3 is 2.31 bits per heavy atom. The molecule has 3 amide bonds. The summed E-state index contributed by atoms with van der Waals surface area (Å²) in [4.78, 5) is 40.8. The second-order valence-corrected chi connectivity index (χ2v) is 8.90. The van der Waals surface area contributed by atoms with Crippen molar-refractivity contribution in [2.75, 3.05) is 33.2 Å². The first kappa shape index (κ1) is 21.0. The fraction of sp³-hybridized carbons (Fsp3) is 0.550. The predicted octanol–water partition coefficient (Wildman–Crippen LogP) is 1.39. The summed E-state index contributed by atoms with van der Waals surface area (Å²) < 4.78 is 18.4. The molecule has 1 unspecified atom stereocenters.